The van der Waals surface area contributed by atoms with Crippen LogP contribution >= 0.6 is 0 Å². The molecular weight excluding hydrogens is 248 g/mol. The van der Waals surface area contributed by atoms with Crippen molar-refractivity contribution in [3.63, 3.8) is 0 Å². The van der Waals surface area contributed by atoms with Crippen LogP contribution in [0, 0.1) is 11.6 Å². The molecule has 0 unspecified atom stereocenters. The van der Waals surface area contributed by atoms with Gasteiger partial charge in [-0.25, -0.2) is 8.78 Å². The lowest BCUT2D eigenvalue weighted by atomic mass is 10.1. The third-order valence-corrected chi connectivity index (χ3v) is 2.74. The first-order valence-corrected chi connectivity index (χ1v) is 6.09. The number of hydrogen-bond donors (Lipinski definition) is 1. The normalized spacial score (nSPS) is 11.6. The molecule has 1 N–H and O–H groups in total. The third kappa shape index (κ3) is 3.30. The molecular formula is C14H17F2N3. The van der Waals surface area contributed by atoms with Gasteiger partial charge in [-0.05, 0) is 32.9 Å². The predicted molar refractivity (Wildman–Crippen MR) is 70.9 cm³/mol. The highest BCUT2D eigenvalue weighted by Crippen LogP contribution is 2.17. The van der Waals surface area contributed by atoms with Crippen molar-refractivity contribution in [3.8, 4) is 0 Å². The standard InChI is InChI=1S/C14H17F2N3/c1-14(2,3)19-9-10(8-18-19)7-17-13-5-4-11(15)6-12(13)16/h4-6,8-9,17H,7H2,1-3H3. The molecule has 1 aromatic carbocycles. The lowest BCUT2D eigenvalue weighted by Gasteiger charge is -2.18. The molecule has 2 rings (SSSR count). The average Bonchev–Trinajstić information content (AvgIpc) is 2.76. The Kier molecular flexibility index (Phi) is 3.55. The second kappa shape index (κ2) is 4.99. The molecule has 102 valence electrons. The monoisotopic (exact) mass is 265 g/mol. The molecule has 0 spiro atoms. The number of halogens is 2. The van der Waals surface area contributed by atoms with Crippen molar-refractivity contribution in [2.24, 2.45) is 0 Å². The van der Waals surface area contributed by atoms with Crippen LogP contribution < -0.4 is 5.32 Å². The zero-order valence-electron chi connectivity index (χ0n) is 11.2. The molecule has 2 aromatic rings. The molecule has 0 aliphatic rings. The van der Waals surface area contributed by atoms with Gasteiger partial charge in [0, 0.05) is 24.4 Å². The first-order chi connectivity index (χ1) is 8.86. The number of aromatic nitrogens is 2. The molecule has 0 saturated carbocycles. The van der Waals surface area contributed by atoms with Crippen molar-refractivity contribution in [1.29, 1.82) is 0 Å². The minimum atomic E-state index is -0.594. The SMILES string of the molecule is CC(C)(C)n1cc(CNc2ccc(F)cc2F)cn1. The van der Waals surface area contributed by atoms with E-state index in [1.807, 2.05) is 10.9 Å². The van der Waals surface area contributed by atoms with Gasteiger partial charge in [-0.3, -0.25) is 4.68 Å². The van der Waals surface area contributed by atoms with Crippen LogP contribution in [0.1, 0.15) is 26.3 Å². The summed E-state index contributed by atoms with van der Waals surface area (Å²) < 4.78 is 28.0. The van der Waals surface area contributed by atoms with Gasteiger partial charge in [-0.1, -0.05) is 0 Å². The molecule has 3 nitrogen and oxygen atoms in total. The Labute approximate surface area is 111 Å². The highest BCUT2D eigenvalue weighted by molar-refractivity contribution is 5.45. The maximum Gasteiger partial charge on any atom is 0.149 e. The lowest BCUT2D eigenvalue weighted by molar-refractivity contribution is 0.355. The van der Waals surface area contributed by atoms with Crippen LogP contribution in [0.2, 0.25) is 0 Å². The summed E-state index contributed by atoms with van der Waals surface area (Å²) in [7, 11) is 0. The summed E-state index contributed by atoms with van der Waals surface area (Å²) in [5, 5.41) is 7.19. The molecule has 0 saturated heterocycles. The molecule has 19 heavy (non-hydrogen) atoms. The Morgan fingerprint density at radius 3 is 2.58 bits per heavy atom. The molecule has 0 aliphatic carbocycles. The average molecular weight is 265 g/mol. The van der Waals surface area contributed by atoms with Crippen molar-refractivity contribution < 1.29 is 8.78 Å². The van der Waals surface area contributed by atoms with Crippen molar-refractivity contribution in [2.45, 2.75) is 32.9 Å². The van der Waals surface area contributed by atoms with Gasteiger partial charge in [0.25, 0.3) is 0 Å². The van der Waals surface area contributed by atoms with Crippen LogP contribution in [0.15, 0.2) is 30.6 Å². The van der Waals surface area contributed by atoms with Crippen molar-refractivity contribution in [1.82, 2.24) is 9.78 Å². The fourth-order valence-electron chi connectivity index (χ4n) is 1.65. The lowest BCUT2D eigenvalue weighted by Crippen LogP contribution is -2.21. The van der Waals surface area contributed by atoms with E-state index in [1.54, 1.807) is 6.20 Å². The molecule has 0 atom stereocenters. The van der Waals surface area contributed by atoms with E-state index in [0.717, 1.165) is 11.6 Å². The van der Waals surface area contributed by atoms with E-state index >= 15 is 0 Å². The van der Waals surface area contributed by atoms with Gasteiger partial charge in [-0.2, -0.15) is 5.10 Å². The molecule has 0 radical (unpaired) electrons. The summed E-state index contributed by atoms with van der Waals surface area (Å²) in [5.41, 5.74) is 1.14. The first kappa shape index (κ1) is 13.5. The van der Waals surface area contributed by atoms with E-state index in [-0.39, 0.29) is 11.2 Å². The Morgan fingerprint density at radius 2 is 2.00 bits per heavy atom. The Balaban J connectivity index is 2.04. The molecule has 0 amide bonds. The predicted octanol–water partition coefficient (Wildman–Crippen LogP) is 3.53. The maximum atomic E-state index is 13.4. The largest absolute Gasteiger partial charge is 0.378 e. The van der Waals surface area contributed by atoms with Gasteiger partial charge in [-0.15, -0.1) is 0 Å². The van der Waals surface area contributed by atoms with Crippen LogP contribution in [-0.2, 0) is 12.1 Å². The van der Waals surface area contributed by atoms with E-state index in [1.165, 1.54) is 12.1 Å². The first-order valence-electron chi connectivity index (χ1n) is 6.09. The quantitative estimate of drug-likeness (QED) is 0.920. The number of nitrogens with zero attached hydrogens (tertiary/aromatic N) is 2. The molecule has 0 aliphatic heterocycles. The minimum Gasteiger partial charge on any atom is -0.378 e. The summed E-state index contributed by atoms with van der Waals surface area (Å²) in [6, 6.07) is 3.48. The number of hydrogen-bond acceptors (Lipinski definition) is 2. The van der Waals surface area contributed by atoms with Crippen LogP contribution in [0.3, 0.4) is 0 Å². The Bertz CT molecular complexity index is 570. The van der Waals surface area contributed by atoms with Crippen LogP contribution in [0.25, 0.3) is 0 Å². The molecule has 5 heteroatoms. The molecule has 1 heterocycles. The Morgan fingerprint density at radius 1 is 1.26 bits per heavy atom. The summed E-state index contributed by atoms with van der Waals surface area (Å²) in [4.78, 5) is 0. The minimum absolute atomic E-state index is 0.0840. The van der Waals surface area contributed by atoms with Gasteiger partial charge >= 0.3 is 0 Å². The highest BCUT2D eigenvalue weighted by atomic mass is 19.1. The van der Waals surface area contributed by atoms with Gasteiger partial charge in [0.1, 0.15) is 11.6 Å². The van der Waals surface area contributed by atoms with Gasteiger partial charge in [0.2, 0.25) is 0 Å². The van der Waals surface area contributed by atoms with Crippen LogP contribution in [0.5, 0.6) is 0 Å². The van der Waals surface area contributed by atoms with E-state index in [4.69, 9.17) is 0 Å². The molecule has 0 fully saturated rings. The summed E-state index contributed by atoms with van der Waals surface area (Å²) in [6.07, 6.45) is 3.65. The summed E-state index contributed by atoms with van der Waals surface area (Å²) in [5.74, 6) is -1.17. The zero-order chi connectivity index (χ0) is 14.0. The van der Waals surface area contributed by atoms with E-state index < -0.39 is 11.6 Å². The fourth-order valence-corrected chi connectivity index (χ4v) is 1.65. The second-order valence-electron chi connectivity index (χ2n) is 5.44. The van der Waals surface area contributed by atoms with Gasteiger partial charge in [0.15, 0.2) is 0 Å². The van der Waals surface area contributed by atoms with E-state index in [0.29, 0.717) is 6.54 Å². The van der Waals surface area contributed by atoms with Crippen LogP contribution in [-0.4, -0.2) is 9.78 Å². The number of anilines is 1. The number of rotatable bonds is 3. The molecule has 0 bridgehead atoms. The number of benzene rings is 1. The topological polar surface area (TPSA) is 29.9 Å². The maximum absolute atomic E-state index is 13.4. The van der Waals surface area contributed by atoms with Crippen molar-refractivity contribution in [2.75, 3.05) is 5.32 Å². The van der Waals surface area contributed by atoms with Crippen LogP contribution in [0.4, 0.5) is 14.5 Å². The zero-order valence-corrected chi connectivity index (χ0v) is 11.2. The highest BCUT2D eigenvalue weighted by Gasteiger charge is 2.13. The van der Waals surface area contributed by atoms with E-state index in [9.17, 15) is 8.78 Å². The van der Waals surface area contributed by atoms with Gasteiger partial charge in [0.05, 0.1) is 17.4 Å². The van der Waals surface area contributed by atoms with Gasteiger partial charge < -0.3 is 5.32 Å². The smallest absolute Gasteiger partial charge is 0.149 e. The Hall–Kier alpha value is -1.91. The number of nitrogens with one attached hydrogen (secondary N) is 1. The van der Waals surface area contributed by atoms with Crippen molar-refractivity contribution in [3.05, 3.63) is 47.8 Å². The summed E-state index contributed by atoms with van der Waals surface area (Å²) >= 11 is 0. The fraction of sp³-hybridized carbons (Fsp3) is 0.357. The van der Waals surface area contributed by atoms with Crippen molar-refractivity contribution >= 4 is 5.69 Å². The van der Waals surface area contributed by atoms with E-state index in [2.05, 4.69) is 31.2 Å². The molecule has 1 aromatic heterocycles. The summed E-state index contributed by atoms with van der Waals surface area (Å²) in [6.45, 7) is 6.60. The second-order valence-corrected chi connectivity index (χ2v) is 5.44. The third-order valence-electron chi connectivity index (χ3n) is 2.74.